The summed E-state index contributed by atoms with van der Waals surface area (Å²) in [4.78, 5) is 53.3. The van der Waals surface area contributed by atoms with Crippen molar-refractivity contribution in [2.45, 2.75) is 152 Å². The first-order valence-corrected chi connectivity index (χ1v) is 20.0. The van der Waals surface area contributed by atoms with Gasteiger partial charge in [-0.1, -0.05) is 24.3 Å². The number of carbonyl (C=O) groups excluding carboxylic acids is 4. The topological polar surface area (TPSA) is 182 Å². The van der Waals surface area contributed by atoms with E-state index in [-0.39, 0.29) is 36.7 Å². The molecule has 300 valence electrons. The third-order valence-electron chi connectivity index (χ3n) is 11.4. The van der Waals surface area contributed by atoms with Crippen LogP contribution in [0.5, 0.6) is 0 Å². The van der Waals surface area contributed by atoms with Gasteiger partial charge in [-0.2, -0.15) is 0 Å². The zero-order chi connectivity index (χ0) is 39.1. The highest BCUT2D eigenvalue weighted by atomic mass is 16.8. The van der Waals surface area contributed by atoms with Gasteiger partial charge in [-0.3, -0.25) is 14.4 Å². The average molecular weight is 765 g/mol. The lowest BCUT2D eigenvalue weighted by molar-refractivity contribution is -0.209. The van der Waals surface area contributed by atoms with Crippen LogP contribution in [0, 0.1) is 17.8 Å². The predicted molar refractivity (Wildman–Crippen MR) is 199 cm³/mol. The van der Waals surface area contributed by atoms with Crippen molar-refractivity contribution < 1.29 is 53.1 Å². The number of ether oxygens (including phenoxy) is 5. The molecule has 4 N–H and O–H groups in total. The molecule has 2 aliphatic heterocycles. The number of hydrogen-bond acceptors (Lipinski definition) is 11. The van der Waals surface area contributed by atoms with Crippen molar-refractivity contribution in [2.75, 3.05) is 6.61 Å². The molecule has 0 aromatic heterocycles. The molecule has 3 saturated carbocycles. The van der Waals surface area contributed by atoms with Crippen LogP contribution in [0.15, 0.2) is 42.0 Å². The monoisotopic (exact) mass is 764 g/mol. The standard InChI is InChI=1S/C42H56N2O11/c1-23(46)36(39(49)43-30(22-45)15-17-35(47)54-41(2,3)4)44-38(48)27-20-33(37-34(21-27)53-42(55-37,28-11-12-28)29-13-14-29)52-40(50)26-7-5-6-24(18-26)8-9-25-10-16-31-32(19-25)51-31/h5-9,18,21,23,25,28-34,36-37,45-46H,10-17,19-20,22H2,1-4H3,(H,43,49)(H,44,48). The van der Waals surface area contributed by atoms with Crippen LogP contribution in [0.4, 0.5) is 0 Å². The van der Waals surface area contributed by atoms with E-state index >= 15 is 0 Å². The SMILES string of the molecule is CC(O)C(NC(=O)C1=CC2OC(C3CC3)(C3CC3)OC2C(OC(=O)c2cccc(C=CC3CCC4OC4C3)c2)C1)C(=O)NC(CO)CCC(=O)OC(C)(C)C. The van der Waals surface area contributed by atoms with Crippen LogP contribution in [0.2, 0.25) is 0 Å². The van der Waals surface area contributed by atoms with Gasteiger partial charge in [0.2, 0.25) is 11.8 Å². The lowest BCUT2D eigenvalue weighted by Crippen LogP contribution is -2.55. The maximum atomic E-state index is 13.9. The number of esters is 2. The zero-order valence-corrected chi connectivity index (χ0v) is 32.2. The van der Waals surface area contributed by atoms with Crippen LogP contribution < -0.4 is 10.6 Å². The van der Waals surface area contributed by atoms with Crippen molar-refractivity contribution in [3.63, 3.8) is 0 Å². The summed E-state index contributed by atoms with van der Waals surface area (Å²) >= 11 is 0. The number of rotatable bonds is 15. The number of benzene rings is 1. The summed E-state index contributed by atoms with van der Waals surface area (Å²) < 4.78 is 30.6. The van der Waals surface area contributed by atoms with Crippen molar-refractivity contribution in [1.82, 2.24) is 10.6 Å². The third-order valence-corrected chi connectivity index (χ3v) is 11.4. The van der Waals surface area contributed by atoms with Crippen molar-refractivity contribution in [3.05, 3.63) is 53.1 Å². The molecule has 2 amide bonds. The number of carbonyl (C=O) groups is 4. The summed E-state index contributed by atoms with van der Waals surface area (Å²) in [5.74, 6) is -2.28. The van der Waals surface area contributed by atoms with Gasteiger partial charge in [-0.05, 0) is 109 Å². The Bertz CT molecular complexity index is 1660. The molecule has 2 heterocycles. The number of fused-ring (bicyclic) bond motifs is 2. The molecule has 6 aliphatic rings. The summed E-state index contributed by atoms with van der Waals surface area (Å²) in [6.45, 7) is 6.15. The van der Waals surface area contributed by atoms with Gasteiger partial charge >= 0.3 is 11.9 Å². The predicted octanol–water partition coefficient (Wildman–Crippen LogP) is 3.89. The van der Waals surface area contributed by atoms with Crippen LogP contribution in [0.25, 0.3) is 6.08 Å². The lowest BCUT2D eigenvalue weighted by atomic mass is 9.88. The van der Waals surface area contributed by atoms with Gasteiger partial charge in [-0.15, -0.1) is 0 Å². The first kappa shape index (κ1) is 39.6. The Labute approximate surface area is 322 Å². The Morgan fingerprint density at radius 1 is 1.02 bits per heavy atom. The summed E-state index contributed by atoms with van der Waals surface area (Å²) in [5.41, 5.74) is 0.812. The maximum absolute atomic E-state index is 13.9. The Morgan fingerprint density at radius 2 is 1.76 bits per heavy atom. The number of hydrogen-bond donors (Lipinski definition) is 4. The van der Waals surface area contributed by atoms with E-state index in [1.807, 2.05) is 18.2 Å². The minimum atomic E-state index is -1.39. The third kappa shape index (κ3) is 9.68. The highest BCUT2D eigenvalue weighted by Gasteiger charge is 2.64. The summed E-state index contributed by atoms with van der Waals surface area (Å²) in [6, 6.07) is 5.06. The Morgan fingerprint density at radius 3 is 2.42 bits per heavy atom. The Hall–Kier alpha value is -3.62. The molecule has 55 heavy (non-hydrogen) atoms. The fourth-order valence-electron chi connectivity index (χ4n) is 8.23. The zero-order valence-electron chi connectivity index (χ0n) is 32.2. The maximum Gasteiger partial charge on any atom is 0.338 e. The molecule has 2 saturated heterocycles. The van der Waals surface area contributed by atoms with Crippen LogP contribution in [0.3, 0.4) is 0 Å². The van der Waals surface area contributed by atoms with E-state index in [2.05, 4.69) is 16.7 Å². The van der Waals surface area contributed by atoms with Gasteiger partial charge in [0.25, 0.3) is 0 Å². The molecule has 1 aromatic rings. The average Bonchev–Trinajstić information content (AvgIpc) is 4.01. The van der Waals surface area contributed by atoms with Gasteiger partial charge in [0, 0.05) is 30.3 Å². The Balaban J connectivity index is 1.03. The normalized spacial score (nSPS) is 29.9. The van der Waals surface area contributed by atoms with Gasteiger partial charge in [-0.25, -0.2) is 4.79 Å². The van der Waals surface area contributed by atoms with Crippen molar-refractivity contribution in [3.8, 4) is 0 Å². The fourth-order valence-corrected chi connectivity index (χ4v) is 8.23. The van der Waals surface area contributed by atoms with Crippen LogP contribution in [-0.2, 0) is 38.1 Å². The molecule has 9 atom stereocenters. The largest absolute Gasteiger partial charge is 0.460 e. The number of aliphatic hydroxyl groups excluding tert-OH is 2. The molecule has 1 aromatic carbocycles. The van der Waals surface area contributed by atoms with Crippen LogP contribution in [-0.4, -0.2) is 101 Å². The molecular formula is C42H56N2O11. The second kappa shape index (κ2) is 16.1. The van der Waals surface area contributed by atoms with Gasteiger partial charge < -0.3 is 44.5 Å². The van der Waals surface area contributed by atoms with E-state index < -0.39 is 78.2 Å². The first-order chi connectivity index (χ1) is 26.2. The molecule has 13 nitrogen and oxygen atoms in total. The Kier molecular flexibility index (Phi) is 11.6. The van der Waals surface area contributed by atoms with E-state index in [1.165, 1.54) is 6.92 Å². The smallest absolute Gasteiger partial charge is 0.338 e. The van der Waals surface area contributed by atoms with Crippen molar-refractivity contribution in [1.29, 1.82) is 0 Å². The molecule has 4 aliphatic carbocycles. The fraction of sp³-hybridized carbons (Fsp3) is 0.667. The van der Waals surface area contributed by atoms with Gasteiger partial charge in [0.15, 0.2) is 5.79 Å². The second-order valence-electron chi connectivity index (χ2n) is 17.3. The highest BCUT2D eigenvalue weighted by Crippen LogP contribution is 2.59. The van der Waals surface area contributed by atoms with Crippen molar-refractivity contribution in [2.24, 2.45) is 17.8 Å². The number of allylic oxidation sites excluding steroid dienone is 1. The van der Waals surface area contributed by atoms with Gasteiger partial charge in [0.1, 0.15) is 30.0 Å². The van der Waals surface area contributed by atoms with E-state index in [0.29, 0.717) is 23.7 Å². The first-order valence-electron chi connectivity index (χ1n) is 20.0. The van der Waals surface area contributed by atoms with E-state index in [0.717, 1.165) is 50.5 Å². The van der Waals surface area contributed by atoms with Crippen LogP contribution >= 0.6 is 0 Å². The lowest BCUT2D eigenvalue weighted by Gasteiger charge is -2.31. The number of epoxide rings is 1. The number of aliphatic hydroxyl groups is 2. The summed E-state index contributed by atoms with van der Waals surface area (Å²) in [5, 5.41) is 25.8. The van der Waals surface area contributed by atoms with Gasteiger partial charge in [0.05, 0.1) is 36.5 Å². The molecule has 0 spiro atoms. The minimum Gasteiger partial charge on any atom is -0.460 e. The highest BCUT2D eigenvalue weighted by molar-refractivity contribution is 5.98. The number of amides is 2. The second-order valence-corrected chi connectivity index (χ2v) is 17.3. The summed E-state index contributed by atoms with van der Waals surface area (Å²) in [7, 11) is 0. The van der Waals surface area contributed by atoms with E-state index in [9.17, 15) is 29.4 Å². The minimum absolute atomic E-state index is 0.00230. The molecule has 13 heteroatoms. The number of nitrogens with one attached hydrogen (secondary N) is 2. The molecule has 5 fully saturated rings. The van der Waals surface area contributed by atoms with E-state index in [1.54, 1.807) is 39.0 Å². The van der Waals surface area contributed by atoms with Crippen LogP contribution in [0.1, 0.15) is 108 Å². The van der Waals surface area contributed by atoms with Crippen molar-refractivity contribution >= 4 is 29.8 Å². The molecule has 7 rings (SSSR count). The molecular weight excluding hydrogens is 708 g/mol. The quantitative estimate of drug-likeness (QED) is 0.150. The molecule has 0 bridgehead atoms. The molecule has 9 unspecified atom stereocenters. The summed E-state index contributed by atoms with van der Waals surface area (Å²) in [6.07, 6.45) is 10.4. The van der Waals surface area contributed by atoms with E-state index in [4.69, 9.17) is 23.7 Å². The molecule has 0 radical (unpaired) electrons.